The molecule has 8 heteroatoms. The highest BCUT2D eigenvalue weighted by atomic mass is 32.2. The van der Waals surface area contributed by atoms with E-state index < -0.39 is 21.7 Å². The molecule has 2 aliphatic rings. The number of carbonyl (C=O) groups is 2. The SMILES string of the molecule is O=C(COC(=O)c1csc2c1CCCC2)N[C@@H]1CCS(=O)(=O)C1. The zero-order chi connectivity index (χ0) is 16.4. The molecule has 1 N–H and O–H groups in total. The summed E-state index contributed by atoms with van der Waals surface area (Å²) in [5.41, 5.74) is 1.63. The second-order valence-electron chi connectivity index (χ2n) is 6.00. The van der Waals surface area contributed by atoms with Crippen LogP contribution in [0.2, 0.25) is 0 Å². The lowest BCUT2D eigenvalue weighted by molar-refractivity contribution is -0.124. The smallest absolute Gasteiger partial charge is 0.339 e. The number of rotatable bonds is 4. The maximum Gasteiger partial charge on any atom is 0.339 e. The minimum absolute atomic E-state index is 0.0370. The van der Waals surface area contributed by atoms with Crippen molar-refractivity contribution in [2.24, 2.45) is 0 Å². The van der Waals surface area contributed by atoms with E-state index in [2.05, 4.69) is 5.32 Å². The summed E-state index contributed by atoms with van der Waals surface area (Å²) in [6, 6.07) is -0.375. The Bertz CT molecular complexity index is 722. The molecule has 23 heavy (non-hydrogen) atoms. The normalized spacial score (nSPS) is 22.3. The van der Waals surface area contributed by atoms with Gasteiger partial charge in [-0.05, 0) is 37.7 Å². The minimum atomic E-state index is -3.04. The summed E-state index contributed by atoms with van der Waals surface area (Å²) in [6.45, 7) is -0.375. The number of esters is 1. The van der Waals surface area contributed by atoms with E-state index in [1.54, 1.807) is 16.7 Å². The molecule has 6 nitrogen and oxygen atoms in total. The summed E-state index contributed by atoms with van der Waals surface area (Å²) < 4.78 is 27.8. The fraction of sp³-hybridized carbons (Fsp3) is 0.600. The molecule has 0 saturated carbocycles. The number of sulfone groups is 1. The van der Waals surface area contributed by atoms with Crippen molar-refractivity contribution in [1.29, 1.82) is 0 Å². The largest absolute Gasteiger partial charge is 0.452 e. The lowest BCUT2D eigenvalue weighted by Crippen LogP contribution is -2.38. The van der Waals surface area contributed by atoms with Crippen LogP contribution in [0.25, 0.3) is 0 Å². The quantitative estimate of drug-likeness (QED) is 0.815. The lowest BCUT2D eigenvalue weighted by atomic mass is 9.96. The zero-order valence-electron chi connectivity index (χ0n) is 12.7. The Kier molecular flexibility index (Phi) is 4.72. The van der Waals surface area contributed by atoms with Crippen LogP contribution in [0.4, 0.5) is 0 Å². The van der Waals surface area contributed by atoms with E-state index in [9.17, 15) is 18.0 Å². The third-order valence-electron chi connectivity index (χ3n) is 4.21. The van der Waals surface area contributed by atoms with Gasteiger partial charge >= 0.3 is 5.97 Å². The summed E-state index contributed by atoms with van der Waals surface area (Å²) >= 11 is 1.57. The number of fused-ring (bicyclic) bond motifs is 1. The molecule has 126 valence electrons. The first-order valence-electron chi connectivity index (χ1n) is 7.71. The monoisotopic (exact) mass is 357 g/mol. The molecule has 1 saturated heterocycles. The molecular weight excluding hydrogens is 338 g/mol. The number of hydrogen-bond acceptors (Lipinski definition) is 6. The van der Waals surface area contributed by atoms with Crippen molar-refractivity contribution in [3.05, 3.63) is 21.4 Å². The molecule has 0 radical (unpaired) electrons. The molecule has 0 unspecified atom stereocenters. The van der Waals surface area contributed by atoms with Gasteiger partial charge in [0.15, 0.2) is 16.4 Å². The predicted octanol–water partition coefficient (Wildman–Crippen LogP) is 1.09. The third kappa shape index (κ3) is 3.92. The lowest BCUT2D eigenvalue weighted by Gasteiger charge is -2.13. The number of nitrogens with one attached hydrogen (secondary N) is 1. The Balaban J connectivity index is 1.51. The second kappa shape index (κ2) is 6.60. The van der Waals surface area contributed by atoms with Crippen LogP contribution in [-0.2, 0) is 32.2 Å². The molecule has 1 fully saturated rings. The van der Waals surface area contributed by atoms with Gasteiger partial charge < -0.3 is 10.1 Å². The van der Waals surface area contributed by atoms with Crippen LogP contribution < -0.4 is 5.32 Å². The molecule has 1 aromatic heterocycles. The highest BCUT2D eigenvalue weighted by Gasteiger charge is 2.29. The molecule has 2 heterocycles. The number of amides is 1. The molecule has 0 spiro atoms. The van der Waals surface area contributed by atoms with Crippen molar-refractivity contribution in [1.82, 2.24) is 5.32 Å². The number of aryl methyl sites for hydroxylation is 1. The van der Waals surface area contributed by atoms with Crippen molar-refractivity contribution in [2.45, 2.75) is 38.1 Å². The van der Waals surface area contributed by atoms with Gasteiger partial charge in [0.2, 0.25) is 0 Å². The van der Waals surface area contributed by atoms with Gasteiger partial charge in [-0.1, -0.05) is 0 Å². The van der Waals surface area contributed by atoms with Crippen LogP contribution in [0.3, 0.4) is 0 Å². The first kappa shape index (κ1) is 16.4. The van der Waals surface area contributed by atoms with Crippen molar-refractivity contribution >= 4 is 33.1 Å². The average Bonchev–Trinajstić information content (AvgIpc) is 3.08. The van der Waals surface area contributed by atoms with Gasteiger partial charge in [0.05, 0.1) is 17.1 Å². The number of thiophene rings is 1. The average molecular weight is 357 g/mol. The summed E-state index contributed by atoms with van der Waals surface area (Å²) in [6.07, 6.45) is 4.52. The van der Waals surface area contributed by atoms with Crippen LogP contribution in [0.15, 0.2) is 5.38 Å². The summed E-state index contributed by atoms with van der Waals surface area (Å²) in [5, 5.41) is 4.41. The van der Waals surface area contributed by atoms with Crippen LogP contribution >= 0.6 is 11.3 Å². The van der Waals surface area contributed by atoms with Crippen molar-refractivity contribution < 1.29 is 22.7 Å². The van der Waals surface area contributed by atoms with Crippen LogP contribution in [0.1, 0.15) is 40.1 Å². The molecule has 1 aliphatic carbocycles. The second-order valence-corrected chi connectivity index (χ2v) is 9.19. The number of ether oxygens (including phenoxy) is 1. The van der Waals surface area contributed by atoms with Crippen molar-refractivity contribution in [2.75, 3.05) is 18.1 Å². The van der Waals surface area contributed by atoms with Gasteiger partial charge in [-0.2, -0.15) is 0 Å². The van der Waals surface area contributed by atoms with E-state index in [1.807, 2.05) is 0 Å². The summed E-state index contributed by atoms with van der Waals surface area (Å²) in [5.74, 6) is -0.869. The molecule has 1 atom stereocenters. The van der Waals surface area contributed by atoms with Crippen LogP contribution in [0.5, 0.6) is 0 Å². The van der Waals surface area contributed by atoms with Gasteiger partial charge in [-0.15, -0.1) is 11.3 Å². The summed E-state index contributed by atoms with van der Waals surface area (Å²) in [4.78, 5) is 25.2. The van der Waals surface area contributed by atoms with E-state index in [-0.39, 0.29) is 24.2 Å². The standard InChI is InChI=1S/C15H19NO5S2/c17-14(16-10-5-6-23(19,20)9-10)7-21-15(18)12-8-22-13-4-2-1-3-11(12)13/h8,10H,1-7,9H2,(H,16,17)/t10-/m1/s1. The van der Waals surface area contributed by atoms with Gasteiger partial charge in [0.25, 0.3) is 5.91 Å². The minimum Gasteiger partial charge on any atom is -0.452 e. The number of hydrogen-bond donors (Lipinski definition) is 1. The van der Waals surface area contributed by atoms with Gasteiger partial charge in [0.1, 0.15) is 0 Å². The molecular formula is C15H19NO5S2. The van der Waals surface area contributed by atoms with E-state index in [4.69, 9.17) is 4.74 Å². The third-order valence-corrected chi connectivity index (χ3v) is 7.07. The fourth-order valence-corrected chi connectivity index (χ4v) is 5.84. The maximum absolute atomic E-state index is 12.1. The maximum atomic E-state index is 12.1. The van der Waals surface area contributed by atoms with Crippen LogP contribution in [0, 0.1) is 0 Å². The Morgan fingerprint density at radius 3 is 2.83 bits per heavy atom. The number of carbonyl (C=O) groups excluding carboxylic acids is 2. The van der Waals surface area contributed by atoms with Crippen LogP contribution in [-0.4, -0.2) is 44.4 Å². The Labute approximate surface area is 139 Å². The van der Waals surface area contributed by atoms with E-state index in [1.165, 1.54) is 4.88 Å². The molecule has 1 aliphatic heterocycles. The molecule has 0 bridgehead atoms. The first-order chi connectivity index (χ1) is 10.9. The zero-order valence-corrected chi connectivity index (χ0v) is 14.3. The molecule has 1 amide bonds. The topological polar surface area (TPSA) is 89.5 Å². The first-order valence-corrected chi connectivity index (χ1v) is 10.4. The molecule has 3 rings (SSSR count). The van der Waals surface area contributed by atoms with Gasteiger partial charge in [-0.3, -0.25) is 4.79 Å². The Hall–Kier alpha value is -1.41. The van der Waals surface area contributed by atoms with Gasteiger partial charge in [-0.25, -0.2) is 13.2 Å². The Morgan fingerprint density at radius 1 is 1.30 bits per heavy atom. The van der Waals surface area contributed by atoms with E-state index >= 15 is 0 Å². The van der Waals surface area contributed by atoms with Gasteiger partial charge in [0, 0.05) is 16.3 Å². The highest BCUT2D eigenvalue weighted by Crippen LogP contribution is 2.30. The molecule has 1 aromatic rings. The predicted molar refractivity (Wildman–Crippen MR) is 86.4 cm³/mol. The Morgan fingerprint density at radius 2 is 2.09 bits per heavy atom. The van der Waals surface area contributed by atoms with E-state index in [0.29, 0.717) is 12.0 Å². The fourth-order valence-electron chi connectivity index (χ4n) is 3.05. The van der Waals surface area contributed by atoms with E-state index in [0.717, 1.165) is 31.2 Å². The van der Waals surface area contributed by atoms with Crippen molar-refractivity contribution in [3.63, 3.8) is 0 Å². The highest BCUT2D eigenvalue weighted by molar-refractivity contribution is 7.91. The summed E-state index contributed by atoms with van der Waals surface area (Å²) in [7, 11) is -3.04. The molecule has 0 aromatic carbocycles. The van der Waals surface area contributed by atoms with Crippen molar-refractivity contribution in [3.8, 4) is 0 Å².